The van der Waals surface area contributed by atoms with Crippen molar-refractivity contribution in [3.8, 4) is 5.75 Å². The molecule has 3 heterocycles. The lowest BCUT2D eigenvalue weighted by Crippen LogP contribution is -2.45. The number of aromatic nitrogens is 3. The lowest BCUT2D eigenvalue weighted by molar-refractivity contribution is -0.122. The van der Waals surface area contributed by atoms with Gasteiger partial charge in [0.2, 0.25) is 5.91 Å². The van der Waals surface area contributed by atoms with E-state index in [0.717, 1.165) is 16.8 Å². The molecule has 2 aromatic heterocycles. The second kappa shape index (κ2) is 11.4. The largest absolute Gasteiger partial charge is 0.482 e. The third-order valence-electron chi connectivity index (χ3n) is 6.14. The Labute approximate surface area is 231 Å². The number of halogens is 2. The van der Waals surface area contributed by atoms with Crippen molar-refractivity contribution in [2.45, 2.75) is 26.1 Å². The molecule has 0 radical (unpaired) electrons. The first-order chi connectivity index (χ1) is 19.7. The number of nitrogens with one attached hydrogen (secondary N) is 4. The molecule has 4 N–H and O–H groups in total. The highest BCUT2D eigenvalue weighted by Gasteiger charge is 2.23. The number of ether oxygens (including phenoxy) is 1. The zero-order valence-corrected chi connectivity index (χ0v) is 21.5. The van der Waals surface area contributed by atoms with E-state index in [2.05, 4.69) is 31.3 Å². The van der Waals surface area contributed by atoms with Gasteiger partial charge >= 0.3 is 0 Å². The van der Waals surface area contributed by atoms with E-state index < -0.39 is 35.4 Å². The highest BCUT2D eigenvalue weighted by molar-refractivity contribution is 6.00. The predicted octanol–water partition coefficient (Wildman–Crippen LogP) is 1.70. The number of rotatable bonds is 8. The molecule has 0 saturated carbocycles. The Morgan fingerprint density at radius 2 is 1.76 bits per heavy atom. The van der Waals surface area contributed by atoms with Crippen molar-refractivity contribution in [1.82, 2.24) is 30.5 Å². The smallest absolute Gasteiger partial charge is 0.270 e. The molecule has 4 amide bonds. The molecule has 14 heteroatoms. The van der Waals surface area contributed by atoms with Gasteiger partial charge in [0.1, 0.15) is 29.0 Å². The Morgan fingerprint density at radius 3 is 2.54 bits per heavy atom. The van der Waals surface area contributed by atoms with E-state index in [1.54, 1.807) is 18.2 Å². The fourth-order valence-corrected chi connectivity index (χ4v) is 4.01. The highest BCUT2D eigenvalue weighted by Crippen LogP contribution is 2.28. The van der Waals surface area contributed by atoms with Crippen molar-refractivity contribution in [1.29, 1.82) is 0 Å². The lowest BCUT2D eigenvalue weighted by Gasteiger charge is -2.18. The number of amides is 4. The van der Waals surface area contributed by atoms with Crippen molar-refractivity contribution in [3.05, 3.63) is 88.9 Å². The standard InChI is InChI=1S/C27H23F2N7O5/c1-14(25(38)30-10-15-2-5-17(28)6-3-15)33-27(40)21-9-20(35-24-18(29)12-32-36(21)24)26(39)31-11-16-4-7-22-19(8-16)34-23(37)13-41-22/h2-9,12,14H,10-11,13H2,1H3,(H,30,38)(H,31,39)(H,33,40)(H,34,37)/t14-/m0/s1. The predicted molar refractivity (Wildman–Crippen MR) is 140 cm³/mol. The number of hydrogen-bond donors (Lipinski definition) is 4. The molecule has 41 heavy (non-hydrogen) atoms. The summed E-state index contributed by atoms with van der Waals surface area (Å²) < 4.78 is 33.7. The van der Waals surface area contributed by atoms with Crippen LogP contribution in [0.25, 0.3) is 5.65 Å². The minimum absolute atomic E-state index is 0.0311. The fraction of sp³-hybridized carbons (Fsp3) is 0.185. The van der Waals surface area contributed by atoms with Gasteiger partial charge in [-0.05, 0) is 42.3 Å². The Bertz CT molecular complexity index is 1670. The summed E-state index contributed by atoms with van der Waals surface area (Å²) in [5, 5.41) is 14.3. The summed E-state index contributed by atoms with van der Waals surface area (Å²) in [6, 6.07) is 10.7. The van der Waals surface area contributed by atoms with Crippen LogP contribution in [-0.4, -0.2) is 50.9 Å². The topological polar surface area (TPSA) is 156 Å². The SMILES string of the molecule is C[C@H](NC(=O)c1cc(C(=O)NCc2ccc3c(c2)NC(=O)CO3)nc2c(F)cnn12)C(=O)NCc1ccc(F)cc1. The van der Waals surface area contributed by atoms with Gasteiger partial charge in [0, 0.05) is 19.2 Å². The molecule has 1 atom stereocenters. The van der Waals surface area contributed by atoms with Crippen LogP contribution >= 0.6 is 0 Å². The van der Waals surface area contributed by atoms with Gasteiger partial charge in [0.05, 0.1) is 11.9 Å². The van der Waals surface area contributed by atoms with Crippen LogP contribution in [-0.2, 0) is 22.7 Å². The van der Waals surface area contributed by atoms with Gasteiger partial charge in [-0.1, -0.05) is 18.2 Å². The maximum absolute atomic E-state index is 14.4. The third-order valence-corrected chi connectivity index (χ3v) is 6.14. The number of benzene rings is 2. The van der Waals surface area contributed by atoms with Crippen LogP contribution in [0.5, 0.6) is 5.75 Å². The van der Waals surface area contributed by atoms with Gasteiger partial charge in [-0.3, -0.25) is 19.2 Å². The number of hydrogen-bond acceptors (Lipinski definition) is 7. The lowest BCUT2D eigenvalue weighted by atomic mass is 10.1. The zero-order chi connectivity index (χ0) is 29.1. The van der Waals surface area contributed by atoms with E-state index in [-0.39, 0.29) is 42.6 Å². The molecule has 12 nitrogen and oxygen atoms in total. The molecule has 5 rings (SSSR count). The monoisotopic (exact) mass is 563 g/mol. The van der Waals surface area contributed by atoms with Crippen molar-refractivity contribution < 1.29 is 32.7 Å². The van der Waals surface area contributed by atoms with Crippen LogP contribution in [0, 0.1) is 11.6 Å². The maximum Gasteiger partial charge on any atom is 0.270 e. The summed E-state index contributed by atoms with van der Waals surface area (Å²) in [4.78, 5) is 54.1. The molecule has 0 unspecified atom stereocenters. The van der Waals surface area contributed by atoms with Crippen LogP contribution in [0.1, 0.15) is 39.0 Å². The first-order valence-corrected chi connectivity index (χ1v) is 12.4. The third kappa shape index (κ3) is 6.11. The number of fused-ring (bicyclic) bond motifs is 2. The van der Waals surface area contributed by atoms with Gasteiger partial charge in [0.25, 0.3) is 17.7 Å². The van der Waals surface area contributed by atoms with Crippen molar-refractivity contribution in [2.24, 2.45) is 0 Å². The highest BCUT2D eigenvalue weighted by atomic mass is 19.1. The maximum atomic E-state index is 14.4. The van der Waals surface area contributed by atoms with E-state index in [1.807, 2.05) is 0 Å². The average molecular weight is 564 g/mol. The molecule has 0 spiro atoms. The van der Waals surface area contributed by atoms with Crippen molar-refractivity contribution in [2.75, 3.05) is 11.9 Å². The van der Waals surface area contributed by atoms with E-state index in [9.17, 15) is 28.0 Å². The zero-order valence-electron chi connectivity index (χ0n) is 21.5. The summed E-state index contributed by atoms with van der Waals surface area (Å²) in [7, 11) is 0. The van der Waals surface area contributed by atoms with Crippen LogP contribution in [0.4, 0.5) is 14.5 Å². The van der Waals surface area contributed by atoms with Gasteiger partial charge in [-0.25, -0.2) is 18.3 Å². The fourth-order valence-electron chi connectivity index (χ4n) is 4.01. The Balaban J connectivity index is 1.27. The first kappa shape index (κ1) is 27.2. The molecule has 0 saturated heterocycles. The van der Waals surface area contributed by atoms with Crippen molar-refractivity contribution >= 4 is 35.0 Å². The molecule has 0 aliphatic carbocycles. The van der Waals surface area contributed by atoms with Gasteiger partial charge in [-0.2, -0.15) is 5.10 Å². The second-order valence-corrected chi connectivity index (χ2v) is 9.14. The molecule has 2 aromatic carbocycles. The molecular formula is C27H23F2N7O5. The number of carbonyl (C=O) groups excluding carboxylic acids is 4. The summed E-state index contributed by atoms with van der Waals surface area (Å²) in [6.45, 7) is 1.50. The molecule has 4 aromatic rings. The van der Waals surface area contributed by atoms with Gasteiger partial charge in [0.15, 0.2) is 18.1 Å². The molecule has 1 aliphatic heterocycles. The Kier molecular flexibility index (Phi) is 7.54. The second-order valence-electron chi connectivity index (χ2n) is 9.14. The number of carbonyl (C=O) groups is 4. The van der Waals surface area contributed by atoms with E-state index in [0.29, 0.717) is 22.6 Å². The van der Waals surface area contributed by atoms with E-state index >= 15 is 0 Å². The average Bonchev–Trinajstić information content (AvgIpc) is 3.34. The van der Waals surface area contributed by atoms with E-state index in [1.165, 1.54) is 31.2 Å². The quantitative estimate of drug-likeness (QED) is 0.254. The summed E-state index contributed by atoms with van der Waals surface area (Å²) in [6.07, 6.45) is 0.850. The molecule has 1 aliphatic rings. The summed E-state index contributed by atoms with van der Waals surface area (Å²) >= 11 is 0. The number of nitrogens with zero attached hydrogens (tertiary/aromatic N) is 3. The van der Waals surface area contributed by atoms with Gasteiger partial charge in [-0.15, -0.1) is 0 Å². The normalized spacial score (nSPS) is 13.0. The summed E-state index contributed by atoms with van der Waals surface area (Å²) in [5.41, 5.74) is 0.915. The van der Waals surface area contributed by atoms with Crippen molar-refractivity contribution in [3.63, 3.8) is 0 Å². The number of anilines is 1. The molecular weight excluding hydrogens is 540 g/mol. The van der Waals surface area contributed by atoms with Crippen LogP contribution in [0.2, 0.25) is 0 Å². The Hall–Kier alpha value is -5.40. The minimum Gasteiger partial charge on any atom is -0.482 e. The van der Waals surface area contributed by atoms with Crippen LogP contribution in [0.3, 0.4) is 0 Å². The first-order valence-electron chi connectivity index (χ1n) is 12.4. The van der Waals surface area contributed by atoms with Gasteiger partial charge < -0.3 is 26.0 Å². The Morgan fingerprint density at radius 1 is 1.02 bits per heavy atom. The van der Waals surface area contributed by atoms with Crippen LogP contribution < -0.4 is 26.0 Å². The van der Waals surface area contributed by atoms with Crippen LogP contribution in [0.15, 0.2) is 54.7 Å². The molecule has 0 bridgehead atoms. The minimum atomic E-state index is -1.02. The molecule has 0 fully saturated rings. The molecule has 210 valence electrons. The van der Waals surface area contributed by atoms with E-state index in [4.69, 9.17) is 4.74 Å². The summed E-state index contributed by atoms with van der Waals surface area (Å²) in [5.74, 6) is -3.10.